The van der Waals surface area contributed by atoms with Crippen LogP contribution in [0.1, 0.15) is 5.56 Å². The maximum atomic E-state index is 12.5. The molecule has 32 heavy (non-hydrogen) atoms. The number of rotatable bonds is 6. The normalized spacial score (nSPS) is 17.0. The summed E-state index contributed by atoms with van der Waals surface area (Å²) in [5.41, 5.74) is 2.44. The molecule has 0 aromatic heterocycles. The van der Waals surface area contributed by atoms with Gasteiger partial charge in [-0.2, -0.15) is 0 Å². The van der Waals surface area contributed by atoms with Gasteiger partial charge < -0.3 is 4.74 Å². The van der Waals surface area contributed by atoms with Gasteiger partial charge in [-0.1, -0.05) is 0 Å². The average Bonchev–Trinajstić information content (AvgIpc) is 2.75. The first-order chi connectivity index (χ1) is 15.3. The van der Waals surface area contributed by atoms with Gasteiger partial charge >= 0.3 is 194 Å². The standard InChI is InChI=1S/C22H21AsClF3N2O3/c23-20-6-1-15-13-18(31-12-9-28-7-10-30-11-8-28)14-19(24)21(15)29(20)16-2-4-17(5-3-16)32-22(25,26)27/h2-6,13-14H,1,7-12H2. The van der Waals surface area contributed by atoms with Crippen LogP contribution in [-0.4, -0.2) is 67.6 Å². The Balaban J connectivity index is 1.50. The summed E-state index contributed by atoms with van der Waals surface area (Å²) >= 11 is 9.12. The van der Waals surface area contributed by atoms with Crippen molar-refractivity contribution >= 4 is 39.8 Å². The van der Waals surface area contributed by atoms with Gasteiger partial charge in [-0.3, -0.25) is 0 Å². The van der Waals surface area contributed by atoms with Crippen molar-refractivity contribution in [3.63, 3.8) is 0 Å². The minimum atomic E-state index is -4.73. The van der Waals surface area contributed by atoms with Crippen LogP contribution < -0.4 is 14.4 Å². The van der Waals surface area contributed by atoms with Crippen LogP contribution in [-0.2, 0) is 11.2 Å². The van der Waals surface area contributed by atoms with E-state index in [9.17, 15) is 13.2 Å². The molecule has 2 aliphatic rings. The van der Waals surface area contributed by atoms with Crippen LogP contribution in [0.3, 0.4) is 0 Å². The quantitative estimate of drug-likeness (QED) is 0.510. The number of nitrogens with zero attached hydrogens (tertiary/aromatic N) is 2. The van der Waals surface area contributed by atoms with Crippen molar-refractivity contribution in [3.8, 4) is 11.5 Å². The minimum absolute atomic E-state index is 0.273. The molecule has 5 nitrogen and oxygen atoms in total. The summed E-state index contributed by atoms with van der Waals surface area (Å²) in [6.45, 7) is 4.65. The molecule has 10 heteroatoms. The summed E-state index contributed by atoms with van der Waals surface area (Å²) in [7, 11) is 0. The molecule has 0 amide bonds. The number of fused-ring (bicyclic) bond motifs is 1. The Morgan fingerprint density at radius 1 is 1.06 bits per heavy atom. The van der Waals surface area contributed by atoms with Gasteiger partial charge in [0, 0.05) is 0 Å². The monoisotopic (exact) mass is 528 g/mol. The van der Waals surface area contributed by atoms with Gasteiger partial charge in [0.05, 0.1) is 0 Å². The van der Waals surface area contributed by atoms with Crippen LogP contribution in [0.5, 0.6) is 11.5 Å². The molecule has 2 radical (unpaired) electrons. The van der Waals surface area contributed by atoms with Crippen LogP contribution >= 0.6 is 11.6 Å². The molecule has 0 bridgehead atoms. The Kier molecular flexibility index (Phi) is 7.25. The zero-order valence-electron chi connectivity index (χ0n) is 17.1. The molecule has 170 valence electrons. The third kappa shape index (κ3) is 5.73. The Bertz CT molecular complexity index is 980. The van der Waals surface area contributed by atoms with E-state index in [0.29, 0.717) is 29.5 Å². The predicted octanol–water partition coefficient (Wildman–Crippen LogP) is 4.65. The van der Waals surface area contributed by atoms with E-state index in [0.717, 1.165) is 48.6 Å². The molecule has 0 spiro atoms. The van der Waals surface area contributed by atoms with Crippen LogP contribution in [0.4, 0.5) is 24.5 Å². The summed E-state index contributed by atoms with van der Waals surface area (Å²) in [4.78, 5) is 4.19. The fourth-order valence-corrected chi connectivity index (χ4v) is 4.66. The first-order valence-electron chi connectivity index (χ1n) is 10.1. The molecule has 1 saturated heterocycles. The van der Waals surface area contributed by atoms with E-state index in [-0.39, 0.29) is 5.75 Å². The first kappa shape index (κ1) is 23.3. The van der Waals surface area contributed by atoms with Crippen LogP contribution in [0.15, 0.2) is 47.0 Å². The van der Waals surface area contributed by atoms with E-state index in [4.69, 9.17) is 21.1 Å². The third-order valence-electron chi connectivity index (χ3n) is 5.18. The van der Waals surface area contributed by atoms with Gasteiger partial charge in [-0.05, 0) is 0 Å². The van der Waals surface area contributed by atoms with Crippen molar-refractivity contribution in [1.82, 2.24) is 4.90 Å². The SMILES string of the molecule is FC(F)(F)Oc1ccc(N2C([As])=CCc3cc(OCCN4CCOCC4)cc(Cl)c32)cc1. The number of allylic oxidation sites excluding steroid dienone is 1. The molecule has 2 aromatic rings. The molecule has 2 aromatic carbocycles. The Labute approximate surface area is 198 Å². The van der Waals surface area contributed by atoms with E-state index in [2.05, 4.69) is 26.5 Å². The molecule has 0 N–H and O–H groups in total. The fraction of sp³-hybridized carbons (Fsp3) is 0.364. The number of alkyl halides is 3. The predicted molar refractivity (Wildman–Crippen MR) is 117 cm³/mol. The number of anilines is 2. The molecule has 0 atom stereocenters. The number of benzene rings is 2. The molecule has 2 heterocycles. The second-order valence-corrected chi connectivity index (χ2v) is 8.73. The van der Waals surface area contributed by atoms with Crippen molar-refractivity contribution < 1.29 is 27.4 Å². The van der Waals surface area contributed by atoms with Gasteiger partial charge in [0.15, 0.2) is 0 Å². The molecular formula is C22H21AsClF3N2O3. The van der Waals surface area contributed by atoms with E-state index in [1.807, 2.05) is 17.0 Å². The maximum absolute atomic E-state index is 12.5. The van der Waals surface area contributed by atoms with Crippen molar-refractivity contribution in [2.45, 2.75) is 12.8 Å². The number of morpholine rings is 1. The Morgan fingerprint density at radius 3 is 2.47 bits per heavy atom. The zero-order valence-corrected chi connectivity index (χ0v) is 19.7. The van der Waals surface area contributed by atoms with Gasteiger partial charge in [-0.25, -0.2) is 0 Å². The summed E-state index contributed by atoms with van der Waals surface area (Å²) in [6, 6.07) is 9.45. The summed E-state index contributed by atoms with van der Waals surface area (Å²) in [5.74, 6) is 0.419. The second kappa shape index (κ2) is 9.96. The van der Waals surface area contributed by atoms with E-state index < -0.39 is 6.36 Å². The van der Waals surface area contributed by atoms with Gasteiger partial charge in [-0.15, -0.1) is 0 Å². The molecular weight excluding hydrogens is 508 g/mol. The fourth-order valence-electron chi connectivity index (χ4n) is 3.70. The Morgan fingerprint density at radius 2 is 1.78 bits per heavy atom. The number of halogens is 4. The van der Waals surface area contributed by atoms with Gasteiger partial charge in [0.25, 0.3) is 0 Å². The zero-order chi connectivity index (χ0) is 22.7. The van der Waals surface area contributed by atoms with Crippen LogP contribution in [0.2, 0.25) is 5.02 Å². The van der Waals surface area contributed by atoms with E-state index in [1.165, 1.54) is 12.1 Å². The molecule has 0 unspecified atom stereocenters. The first-order valence-corrected chi connectivity index (χ1v) is 11.4. The van der Waals surface area contributed by atoms with Crippen molar-refractivity contribution in [1.29, 1.82) is 0 Å². The van der Waals surface area contributed by atoms with Gasteiger partial charge in [0.2, 0.25) is 0 Å². The van der Waals surface area contributed by atoms with Crippen LogP contribution in [0.25, 0.3) is 0 Å². The third-order valence-corrected chi connectivity index (χ3v) is 6.27. The molecule has 2 aliphatic heterocycles. The van der Waals surface area contributed by atoms with Crippen molar-refractivity contribution in [2.24, 2.45) is 0 Å². The molecule has 0 saturated carbocycles. The summed E-state index contributed by atoms with van der Waals surface area (Å²) in [5, 5.41) is 0.510. The number of hydrogen-bond acceptors (Lipinski definition) is 5. The topological polar surface area (TPSA) is 34.2 Å². The average molecular weight is 529 g/mol. The number of ether oxygens (including phenoxy) is 3. The van der Waals surface area contributed by atoms with E-state index in [1.54, 1.807) is 18.2 Å². The van der Waals surface area contributed by atoms with Crippen molar-refractivity contribution in [2.75, 3.05) is 44.4 Å². The molecule has 0 aliphatic carbocycles. The second-order valence-electron chi connectivity index (χ2n) is 7.36. The van der Waals surface area contributed by atoms with Crippen LogP contribution in [0, 0.1) is 0 Å². The summed E-state index contributed by atoms with van der Waals surface area (Å²) < 4.78 is 53.5. The Hall–Kier alpha value is -1.86. The molecule has 1 fully saturated rings. The molecule has 4 rings (SSSR count). The van der Waals surface area contributed by atoms with E-state index >= 15 is 0 Å². The number of hydrogen-bond donors (Lipinski definition) is 0. The summed E-state index contributed by atoms with van der Waals surface area (Å²) in [6.07, 6.45) is -2.03. The van der Waals surface area contributed by atoms with Crippen molar-refractivity contribution in [3.05, 3.63) is 57.5 Å². The van der Waals surface area contributed by atoms with Gasteiger partial charge in [0.1, 0.15) is 0 Å².